The Morgan fingerprint density at radius 3 is 2.70 bits per heavy atom. The van der Waals surface area contributed by atoms with Crippen molar-refractivity contribution in [3.05, 3.63) is 11.8 Å². The van der Waals surface area contributed by atoms with Crippen LogP contribution < -0.4 is 0 Å². The van der Waals surface area contributed by atoms with Gasteiger partial charge in [0.05, 0.1) is 19.2 Å². The number of hydrogen-bond acceptors (Lipinski definition) is 6. The molecule has 0 aliphatic rings. The number of carbonyl (C=O) groups is 2. The van der Waals surface area contributed by atoms with Crippen molar-refractivity contribution in [2.45, 2.75) is 18.4 Å². The van der Waals surface area contributed by atoms with Gasteiger partial charge in [-0.15, -0.1) is 0 Å². The van der Waals surface area contributed by atoms with Crippen LogP contribution in [0.15, 0.2) is 11.2 Å². The van der Waals surface area contributed by atoms with Crippen molar-refractivity contribution >= 4 is 22.0 Å². The molecule has 0 spiro atoms. The van der Waals surface area contributed by atoms with E-state index >= 15 is 0 Å². The second-order valence-electron chi connectivity index (χ2n) is 3.80. The topological polar surface area (TPSA) is 130 Å². The number of sulfonamides is 1. The molecule has 0 amide bonds. The molecule has 2 N–H and O–H groups in total. The van der Waals surface area contributed by atoms with E-state index in [1.807, 2.05) is 0 Å². The minimum atomic E-state index is -4.03. The van der Waals surface area contributed by atoms with Crippen molar-refractivity contribution in [2.24, 2.45) is 0 Å². The van der Waals surface area contributed by atoms with Gasteiger partial charge < -0.3 is 9.84 Å². The Morgan fingerprint density at radius 2 is 2.15 bits per heavy atom. The van der Waals surface area contributed by atoms with Gasteiger partial charge in [0, 0.05) is 13.6 Å². The third-order valence-corrected chi connectivity index (χ3v) is 4.24. The number of hydrogen-bond donors (Lipinski definition) is 2. The lowest BCUT2D eigenvalue weighted by Gasteiger charge is -2.15. The molecule has 0 atom stereocenters. The van der Waals surface area contributed by atoms with E-state index in [9.17, 15) is 18.0 Å². The van der Waals surface area contributed by atoms with E-state index in [0.717, 1.165) is 10.5 Å². The molecule has 0 aliphatic heterocycles. The number of H-pyrrole nitrogens is 1. The van der Waals surface area contributed by atoms with Gasteiger partial charge in [-0.25, -0.2) is 13.2 Å². The van der Waals surface area contributed by atoms with Gasteiger partial charge in [0.1, 0.15) is 5.56 Å². The number of esters is 1. The van der Waals surface area contributed by atoms with Crippen molar-refractivity contribution in [3.8, 4) is 0 Å². The average molecular weight is 305 g/mol. The molecule has 0 saturated carbocycles. The van der Waals surface area contributed by atoms with Gasteiger partial charge in [0.15, 0.2) is 5.03 Å². The van der Waals surface area contributed by atoms with Crippen LogP contribution in [0.3, 0.4) is 0 Å². The van der Waals surface area contributed by atoms with Crippen molar-refractivity contribution in [1.82, 2.24) is 14.5 Å². The van der Waals surface area contributed by atoms with Gasteiger partial charge in [-0.3, -0.25) is 9.89 Å². The minimum Gasteiger partial charge on any atom is -0.481 e. The Morgan fingerprint density at radius 1 is 1.50 bits per heavy atom. The molecule has 20 heavy (non-hydrogen) atoms. The third-order valence-electron chi connectivity index (χ3n) is 2.41. The highest BCUT2D eigenvalue weighted by molar-refractivity contribution is 7.89. The number of ether oxygens (including phenoxy) is 1. The SMILES string of the molecule is CCOC(=O)c1cn[nH]c1S(=O)(=O)N(C)CCC(=O)O. The molecule has 112 valence electrons. The lowest BCUT2D eigenvalue weighted by molar-refractivity contribution is -0.137. The first-order valence-corrected chi connectivity index (χ1v) is 7.13. The second kappa shape index (κ2) is 6.48. The van der Waals surface area contributed by atoms with Crippen LogP contribution in [0.5, 0.6) is 0 Å². The quantitative estimate of drug-likeness (QED) is 0.660. The summed E-state index contributed by atoms with van der Waals surface area (Å²) in [5.41, 5.74) is -0.214. The first-order valence-electron chi connectivity index (χ1n) is 5.69. The van der Waals surface area contributed by atoms with Crippen LogP contribution in [0.25, 0.3) is 0 Å². The zero-order valence-corrected chi connectivity index (χ0v) is 11.8. The fourth-order valence-corrected chi connectivity index (χ4v) is 2.58. The monoisotopic (exact) mass is 305 g/mol. The molecule has 0 aromatic carbocycles. The van der Waals surface area contributed by atoms with Crippen LogP contribution >= 0.6 is 0 Å². The first-order chi connectivity index (χ1) is 9.30. The highest BCUT2D eigenvalue weighted by Crippen LogP contribution is 2.17. The number of carboxylic acid groups (broad SMARTS) is 1. The Balaban J connectivity index is 3.01. The molecule has 0 unspecified atom stereocenters. The molecular formula is C10H15N3O6S. The van der Waals surface area contributed by atoms with Crippen molar-refractivity contribution in [2.75, 3.05) is 20.2 Å². The van der Waals surface area contributed by atoms with E-state index < -0.39 is 27.0 Å². The maximum atomic E-state index is 12.2. The Hall–Kier alpha value is -1.94. The van der Waals surface area contributed by atoms with Crippen molar-refractivity contribution in [3.63, 3.8) is 0 Å². The number of nitrogens with zero attached hydrogens (tertiary/aromatic N) is 2. The smallest absolute Gasteiger partial charge is 0.342 e. The fourth-order valence-electron chi connectivity index (χ4n) is 1.35. The van der Waals surface area contributed by atoms with Crippen LogP contribution in [-0.2, 0) is 19.6 Å². The molecule has 9 nitrogen and oxygen atoms in total. The summed E-state index contributed by atoms with van der Waals surface area (Å²) in [6, 6.07) is 0. The second-order valence-corrected chi connectivity index (χ2v) is 5.79. The van der Waals surface area contributed by atoms with Gasteiger partial charge in [-0.05, 0) is 6.92 Å². The third kappa shape index (κ3) is 3.54. The summed E-state index contributed by atoms with van der Waals surface area (Å²) < 4.78 is 29.9. The summed E-state index contributed by atoms with van der Waals surface area (Å²) in [7, 11) is -2.82. The average Bonchev–Trinajstić information content (AvgIpc) is 2.85. The molecule has 0 fully saturated rings. The maximum absolute atomic E-state index is 12.2. The molecular weight excluding hydrogens is 290 g/mol. The molecule has 1 heterocycles. The highest BCUT2D eigenvalue weighted by Gasteiger charge is 2.29. The summed E-state index contributed by atoms with van der Waals surface area (Å²) in [6.45, 7) is 1.46. The zero-order valence-electron chi connectivity index (χ0n) is 11.0. The first kappa shape index (κ1) is 16.1. The molecule has 10 heteroatoms. The lowest BCUT2D eigenvalue weighted by Crippen LogP contribution is -2.30. The van der Waals surface area contributed by atoms with Gasteiger partial charge in [0.2, 0.25) is 0 Å². The number of aromatic amines is 1. The van der Waals surface area contributed by atoms with Crippen LogP contribution in [0.4, 0.5) is 0 Å². The number of carboxylic acids is 1. The molecule has 1 aromatic heterocycles. The predicted molar refractivity (Wildman–Crippen MR) is 66.6 cm³/mol. The predicted octanol–water partition coefficient (Wildman–Crippen LogP) is -0.318. The summed E-state index contributed by atoms with van der Waals surface area (Å²) >= 11 is 0. The van der Waals surface area contributed by atoms with E-state index in [0.29, 0.717) is 0 Å². The van der Waals surface area contributed by atoms with Crippen LogP contribution in [0.1, 0.15) is 23.7 Å². The molecule has 0 radical (unpaired) electrons. The van der Waals surface area contributed by atoms with Crippen LogP contribution in [-0.4, -0.2) is 60.2 Å². The molecule has 0 saturated heterocycles. The number of rotatable bonds is 7. The van der Waals surface area contributed by atoms with E-state index in [1.165, 1.54) is 7.05 Å². The minimum absolute atomic E-state index is 0.0956. The summed E-state index contributed by atoms with van der Waals surface area (Å²) in [5.74, 6) is -1.94. The van der Waals surface area contributed by atoms with Gasteiger partial charge in [-0.1, -0.05) is 0 Å². The van der Waals surface area contributed by atoms with Crippen LogP contribution in [0.2, 0.25) is 0 Å². The van der Waals surface area contributed by atoms with Gasteiger partial charge in [-0.2, -0.15) is 9.40 Å². The lowest BCUT2D eigenvalue weighted by atomic mass is 10.4. The molecule has 1 aromatic rings. The largest absolute Gasteiger partial charge is 0.481 e. The summed E-state index contributed by atoms with van der Waals surface area (Å²) in [4.78, 5) is 22.1. The van der Waals surface area contributed by atoms with E-state index in [4.69, 9.17) is 9.84 Å². The highest BCUT2D eigenvalue weighted by atomic mass is 32.2. The Bertz CT molecular complexity index is 594. The number of nitrogens with one attached hydrogen (secondary N) is 1. The van der Waals surface area contributed by atoms with E-state index in [2.05, 4.69) is 10.2 Å². The van der Waals surface area contributed by atoms with E-state index in [-0.39, 0.29) is 25.1 Å². The van der Waals surface area contributed by atoms with Gasteiger partial charge in [0.25, 0.3) is 10.0 Å². The van der Waals surface area contributed by atoms with Gasteiger partial charge >= 0.3 is 11.9 Å². The normalized spacial score (nSPS) is 11.6. The number of aromatic nitrogens is 2. The maximum Gasteiger partial charge on any atom is 0.342 e. The summed E-state index contributed by atoms with van der Waals surface area (Å²) in [6.07, 6.45) is 0.703. The fraction of sp³-hybridized carbons (Fsp3) is 0.500. The Kier molecular flexibility index (Phi) is 5.22. The molecule has 0 aliphatic carbocycles. The molecule has 0 bridgehead atoms. The number of aliphatic carboxylic acids is 1. The zero-order chi connectivity index (χ0) is 15.3. The standard InChI is InChI=1S/C10H15N3O6S/c1-3-19-10(16)7-6-11-12-9(7)20(17,18)13(2)5-4-8(14)15/h6H,3-5H2,1-2H3,(H,11,12)(H,14,15). The van der Waals surface area contributed by atoms with Crippen LogP contribution in [0, 0.1) is 0 Å². The number of carbonyl (C=O) groups excluding carboxylic acids is 1. The molecule has 1 rings (SSSR count). The Labute approximate surface area is 115 Å². The summed E-state index contributed by atoms with van der Waals surface area (Å²) in [5, 5.41) is 13.9. The van der Waals surface area contributed by atoms with Crippen molar-refractivity contribution < 1.29 is 27.9 Å². The van der Waals surface area contributed by atoms with E-state index in [1.54, 1.807) is 6.92 Å². The van der Waals surface area contributed by atoms with Crippen molar-refractivity contribution in [1.29, 1.82) is 0 Å².